The van der Waals surface area contributed by atoms with Gasteiger partial charge in [0, 0.05) is 24.7 Å². The van der Waals surface area contributed by atoms with Crippen LogP contribution in [0.2, 0.25) is 0 Å². The monoisotopic (exact) mass is 278 g/mol. The molecule has 2 aliphatic carbocycles. The van der Waals surface area contributed by atoms with E-state index in [2.05, 4.69) is 37.9 Å². The summed E-state index contributed by atoms with van der Waals surface area (Å²) < 4.78 is 0. The Morgan fingerprint density at radius 2 is 1.55 bits per heavy atom. The Kier molecular flexibility index (Phi) is 3.92. The lowest BCUT2D eigenvalue weighted by Crippen LogP contribution is -2.53. The van der Waals surface area contributed by atoms with E-state index >= 15 is 0 Å². The minimum absolute atomic E-state index is 0.517. The van der Waals surface area contributed by atoms with Crippen molar-refractivity contribution < 1.29 is 0 Å². The molecule has 3 fully saturated rings. The highest BCUT2D eigenvalue weighted by molar-refractivity contribution is 4.96. The van der Waals surface area contributed by atoms with Crippen LogP contribution in [-0.2, 0) is 0 Å². The van der Waals surface area contributed by atoms with Crippen LogP contribution in [0.4, 0.5) is 0 Å². The average Bonchev–Trinajstić information content (AvgIpc) is 3.09. The normalized spacial score (nSPS) is 35.1. The first-order valence-electron chi connectivity index (χ1n) is 8.83. The molecular formula is C18H34N2. The van der Waals surface area contributed by atoms with E-state index in [0.29, 0.717) is 10.8 Å². The van der Waals surface area contributed by atoms with Crippen LogP contribution in [0.1, 0.15) is 72.6 Å². The fourth-order valence-corrected chi connectivity index (χ4v) is 5.10. The van der Waals surface area contributed by atoms with Gasteiger partial charge in [0.05, 0.1) is 0 Å². The number of rotatable bonds is 3. The molecule has 1 aliphatic heterocycles. The molecule has 3 aliphatic rings. The van der Waals surface area contributed by atoms with Crippen molar-refractivity contribution in [2.45, 2.75) is 90.8 Å². The third-order valence-corrected chi connectivity index (χ3v) is 5.55. The van der Waals surface area contributed by atoms with Crippen LogP contribution in [0, 0.1) is 10.8 Å². The highest BCUT2D eigenvalue weighted by Crippen LogP contribution is 2.47. The maximum absolute atomic E-state index is 3.86. The average molecular weight is 278 g/mol. The highest BCUT2D eigenvalue weighted by Gasteiger charge is 2.41. The zero-order valence-electron chi connectivity index (χ0n) is 14.0. The lowest BCUT2D eigenvalue weighted by Gasteiger charge is -2.50. The van der Waals surface area contributed by atoms with Crippen molar-refractivity contribution in [1.82, 2.24) is 10.2 Å². The fraction of sp³-hybridized carbons (Fsp3) is 1.00. The molecule has 1 atom stereocenters. The zero-order chi connectivity index (χ0) is 14.4. The van der Waals surface area contributed by atoms with E-state index in [1.807, 2.05) is 0 Å². The lowest BCUT2D eigenvalue weighted by molar-refractivity contribution is 0.0104. The first-order chi connectivity index (χ1) is 9.33. The number of hydrogen-bond acceptors (Lipinski definition) is 2. The van der Waals surface area contributed by atoms with Crippen molar-refractivity contribution in [3.63, 3.8) is 0 Å². The Bertz CT molecular complexity index is 327. The fourth-order valence-electron chi connectivity index (χ4n) is 5.10. The van der Waals surface area contributed by atoms with Crippen molar-refractivity contribution in [3.05, 3.63) is 0 Å². The second-order valence-electron chi connectivity index (χ2n) is 9.34. The molecule has 1 saturated heterocycles. The van der Waals surface area contributed by atoms with Crippen LogP contribution >= 0.6 is 0 Å². The van der Waals surface area contributed by atoms with E-state index in [1.165, 1.54) is 58.0 Å². The molecule has 0 aromatic heterocycles. The summed E-state index contributed by atoms with van der Waals surface area (Å²) in [5.41, 5.74) is 1.03. The van der Waals surface area contributed by atoms with Gasteiger partial charge in [0.15, 0.2) is 0 Å². The predicted molar refractivity (Wildman–Crippen MR) is 86.0 cm³/mol. The van der Waals surface area contributed by atoms with Gasteiger partial charge in [0.1, 0.15) is 0 Å². The molecule has 0 amide bonds. The molecule has 0 bridgehead atoms. The number of likely N-dealkylation sites (tertiary alicyclic amines) is 1. The van der Waals surface area contributed by atoms with Crippen molar-refractivity contribution in [3.8, 4) is 0 Å². The summed E-state index contributed by atoms with van der Waals surface area (Å²) in [5, 5.41) is 3.86. The number of nitrogens with zero attached hydrogens (tertiary/aromatic N) is 1. The molecular weight excluding hydrogens is 244 g/mol. The second-order valence-corrected chi connectivity index (χ2v) is 9.34. The van der Waals surface area contributed by atoms with Gasteiger partial charge in [-0.25, -0.2) is 0 Å². The van der Waals surface area contributed by atoms with Gasteiger partial charge in [-0.05, 0) is 62.3 Å². The Labute approximate surface area is 125 Å². The number of nitrogens with one attached hydrogen (secondary N) is 1. The van der Waals surface area contributed by atoms with Gasteiger partial charge in [-0.15, -0.1) is 0 Å². The summed E-state index contributed by atoms with van der Waals surface area (Å²) in [5.74, 6) is 0. The molecule has 1 heterocycles. The van der Waals surface area contributed by atoms with Crippen molar-refractivity contribution in [1.29, 1.82) is 0 Å². The maximum atomic E-state index is 3.86. The SMILES string of the molecule is CC1(C)CC(N2CCCC(NC3CC3)C2)CC(C)(C)C1. The molecule has 0 aromatic rings. The third-order valence-electron chi connectivity index (χ3n) is 5.55. The molecule has 20 heavy (non-hydrogen) atoms. The smallest absolute Gasteiger partial charge is 0.0198 e. The van der Waals surface area contributed by atoms with Crippen LogP contribution in [0.25, 0.3) is 0 Å². The standard InChI is InChI=1S/C18H34N2/c1-17(2)10-16(11-18(3,4)13-17)20-9-5-6-15(12-20)19-14-7-8-14/h14-16,19H,5-13H2,1-4H3. The van der Waals surface area contributed by atoms with E-state index in [1.54, 1.807) is 0 Å². The van der Waals surface area contributed by atoms with Gasteiger partial charge >= 0.3 is 0 Å². The minimum atomic E-state index is 0.517. The Morgan fingerprint density at radius 1 is 0.900 bits per heavy atom. The van der Waals surface area contributed by atoms with Gasteiger partial charge < -0.3 is 5.32 Å². The van der Waals surface area contributed by atoms with E-state index in [4.69, 9.17) is 0 Å². The van der Waals surface area contributed by atoms with E-state index in [0.717, 1.165) is 18.1 Å². The van der Waals surface area contributed by atoms with E-state index in [-0.39, 0.29) is 0 Å². The van der Waals surface area contributed by atoms with Crippen molar-refractivity contribution in [2.24, 2.45) is 10.8 Å². The molecule has 1 N–H and O–H groups in total. The van der Waals surface area contributed by atoms with Crippen LogP contribution in [0.3, 0.4) is 0 Å². The molecule has 1 unspecified atom stereocenters. The summed E-state index contributed by atoms with van der Waals surface area (Å²) in [4.78, 5) is 2.83. The quantitative estimate of drug-likeness (QED) is 0.844. The van der Waals surface area contributed by atoms with Crippen LogP contribution < -0.4 is 5.32 Å². The van der Waals surface area contributed by atoms with Gasteiger partial charge in [-0.3, -0.25) is 4.90 Å². The van der Waals surface area contributed by atoms with E-state index < -0.39 is 0 Å². The Hall–Kier alpha value is -0.0800. The van der Waals surface area contributed by atoms with Crippen LogP contribution in [0.5, 0.6) is 0 Å². The minimum Gasteiger partial charge on any atom is -0.310 e. The zero-order valence-corrected chi connectivity index (χ0v) is 14.0. The molecule has 2 nitrogen and oxygen atoms in total. The first kappa shape index (κ1) is 14.8. The molecule has 0 radical (unpaired) electrons. The molecule has 116 valence electrons. The van der Waals surface area contributed by atoms with E-state index in [9.17, 15) is 0 Å². The summed E-state index contributed by atoms with van der Waals surface area (Å²) in [6.45, 7) is 12.5. The largest absolute Gasteiger partial charge is 0.310 e. The molecule has 3 rings (SSSR count). The van der Waals surface area contributed by atoms with Gasteiger partial charge in [0.2, 0.25) is 0 Å². The van der Waals surface area contributed by atoms with Gasteiger partial charge in [-0.2, -0.15) is 0 Å². The topological polar surface area (TPSA) is 15.3 Å². The molecule has 0 aromatic carbocycles. The number of piperidine rings is 1. The number of hydrogen-bond donors (Lipinski definition) is 1. The maximum Gasteiger partial charge on any atom is 0.0198 e. The van der Waals surface area contributed by atoms with Gasteiger partial charge in [-0.1, -0.05) is 27.7 Å². The molecule has 2 heteroatoms. The summed E-state index contributed by atoms with van der Waals surface area (Å²) in [6.07, 6.45) is 9.79. The Balaban J connectivity index is 1.61. The highest BCUT2D eigenvalue weighted by atomic mass is 15.2. The second kappa shape index (κ2) is 5.28. The molecule has 0 spiro atoms. The van der Waals surface area contributed by atoms with Gasteiger partial charge in [0.25, 0.3) is 0 Å². The molecule has 2 saturated carbocycles. The summed E-state index contributed by atoms with van der Waals surface area (Å²) >= 11 is 0. The van der Waals surface area contributed by atoms with Crippen LogP contribution in [-0.4, -0.2) is 36.1 Å². The Morgan fingerprint density at radius 3 is 2.15 bits per heavy atom. The first-order valence-corrected chi connectivity index (χ1v) is 8.83. The van der Waals surface area contributed by atoms with Crippen LogP contribution in [0.15, 0.2) is 0 Å². The summed E-state index contributed by atoms with van der Waals surface area (Å²) in [6, 6.07) is 2.45. The lowest BCUT2D eigenvalue weighted by atomic mass is 9.63. The van der Waals surface area contributed by atoms with Crippen molar-refractivity contribution >= 4 is 0 Å². The van der Waals surface area contributed by atoms with Crippen molar-refractivity contribution in [2.75, 3.05) is 13.1 Å². The summed E-state index contributed by atoms with van der Waals surface area (Å²) in [7, 11) is 0. The predicted octanol–water partition coefficient (Wildman–Crippen LogP) is 3.81. The third kappa shape index (κ3) is 3.76.